The van der Waals surface area contributed by atoms with Crippen LogP contribution in [0.15, 0.2) is 30.5 Å². The summed E-state index contributed by atoms with van der Waals surface area (Å²) in [6.07, 6.45) is 6.21. The number of methoxy groups -OCH3 is 2. The highest BCUT2D eigenvalue weighted by molar-refractivity contribution is 5.75. The molecule has 0 heterocycles. The molecule has 0 bridgehead atoms. The van der Waals surface area contributed by atoms with Crippen LogP contribution >= 0.6 is 0 Å². The highest BCUT2D eigenvalue weighted by Crippen LogP contribution is 2.32. The van der Waals surface area contributed by atoms with Crippen LogP contribution in [0.2, 0.25) is 0 Å². The van der Waals surface area contributed by atoms with Crippen molar-refractivity contribution in [1.82, 2.24) is 5.32 Å². The summed E-state index contributed by atoms with van der Waals surface area (Å²) in [4.78, 5) is 12.0. The molecule has 27 heavy (non-hydrogen) atoms. The fraction of sp³-hybridized carbons (Fsp3) is 0.591. The van der Waals surface area contributed by atoms with E-state index in [1.165, 1.54) is 20.0 Å². The minimum Gasteiger partial charge on any atom is -0.493 e. The molecule has 2 rings (SSSR count). The average molecular weight is 376 g/mol. The molecule has 1 fully saturated rings. The van der Waals surface area contributed by atoms with Gasteiger partial charge in [-0.3, -0.25) is 0 Å². The number of carbonyl (C=O) groups excluding carboxylic acids is 1. The number of hydrogen-bond donors (Lipinski definition) is 1. The number of ether oxygens (including phenoxy) is 3. The van der Waals surface area contributed by atoms with Crippen LogP contribution in [0.3, 0.4) is 0 Å². The SMILES string of the molecule is C=C(Cc1ccc(OC)c(OC2CCCC2)c1)NC(CC(C)C)C(=O)OC. The second-order valence-electron chi connectivity index (χ2n) is 7.64. The quantitative estimate of drug-likeness (QED) is 0.620. The number of benzene rings is 1. The zero-order valence-corrected chi connectivity index (χ0v) is 17.0. The normalized spacial score (nSPS) is 15.4. The molecule has 1 atom stereocenters. The Hall–Kier alpha value is -2.17. The van der Waals surface area contributed by atoms with Crippen molar-refractivity contribution in [3.05, 3.63) is 36.0 Å². The van der Waals surface area contributed by atoms with Gasteiger partial charge in [0.25, 0.3) is 0 Å². The molecule has 0 aliphatic heterocycles. The van der Waals surface area contributed by atoms with Crippen LogP contribution in [0.1, 0.15) is 51.5 Å². The molecule has 1 saturated carbocycles. The Morgan fingerprint density at radius 3 is 2.52 bits per heavy atom. The fourth-order valence-corrected chi connectivity index (χ4v) is 3.48. The first-order valence-corrected chi connectivity index (χ1v) is 9.78. The molecule has 5 heteroatoms. The van der Waals surface area contributed by atoms with E-state index in [0.717, 1.165) is 35.6 Å². The summed E-state index contributed by atoms with van der Waals surface area (Å²) < 4.78 is 16.5. The van der Waals surface area contributed by atoms with E-state index < -0.39 is 0 Å². The van der Waals surface area contributed by atoms with Crippen LogP contribution in [0.5, 0.6) is 11.5 Å². The summed E-state index contributed by atoms with van der Waals surface area (Å²) in [5.41, 5.74) is 1.84. The Labute approximate surface area is 163 Å². The highest BCUT2D eigenvalue weighted by Gasteiger charge is 2.21. The van der Waals surface area contributed by atoms with E-state index in [1.807, 2.05) is 18.2 Å². The topological polar surface area (TPSA) is 56.8 Å². The smallest absolute Gasteiger partial charge is 0.328 e. The molecule has 1 aromatic rings. The van der Waals surface area contributed by atoms with Crippen molar-refractivity contribution in [3.63, 3.8) is 0 Å². The lowest BCUT2D eigenvalue weighted by Gasteiger charge is -2.21. The second-order valence-corrected chi connectivity index (χ2v) is 7.64. The monoisotopic (exact) mass is 375 g/mol. The molecule has 1 unspecified atom stereocenters. The van der Waals surface area contributed by atoms with Crippen LogP contribution in [0, 0.1) is 5.92 Å². The summed E-state index contributed by atoms with van der Waals surface area (Å²) in [5.74, 6) is 1.64. The van der Waals surface area contributed by atoms with Gasteiger partial charge >= 0.3 is 5.97 Å². The molecule has 1 aliphatic rings. The Morgan fingerprint density at radius 1 is 1.22 bits per heavy atom. The summed E-state index contributed by atoms with van der Waals surface area (Å²) in [6.45, 7) is 8.26. The Kier molecular flexibility index (Phi) is 8.01. The number of carbonyl (C=O) groups is 1. The molecule has 1 aliphatic carbocycles. The predicted octanol–water partition coefficient (Wildman–Crippen LogP) is 4.25. The Balaban J connectivity index is 2.04. The van der Waals surface area contributed by atoms with Crippen molar-refractivity contribution in [1.29, 1.82) is 0 Å². The zero-order chi connectivity index (χ0) is 19.8. The van der Waals surface area contributed by atoms with E-state index in [1.54, 1.807) is 7.11 Å². The van der Waals surface area contributed by atoms with E-state index in [4.69, 9.17) is 14.2 Å². The lowest BCUT2D eigenvalue weighted by Crippen LogP contribution is -2.38. The van der Waals surface area contributed by atoms with E-state index in [2.05, 4.69) is 25.7 Å². The molecule has 0 radical (unpaired) electrons. The van der Waals surface area contributed by atoms with Gasteiger partial charge in [-0.1, -0.05) is 26.5 Å². The van der Waals surface area contributed by atoms with Gasteiger partial charge in [-0.15, -0.1) is 0 Å². The first-order valence-electron chi connectivity index (χ1n) is 9.78. The summed E-state index contributed by atoms with van der Waals surface area (Å²) in [5, 5.41) is 3.23. The summed E-state index contributed by atoms with van der Waals surface area (Å²) in [6, 6.07) is 5.57. The van der Waals surface area contributed by atoms with E-state index in [0.29, 0.717) is 18.8 Å². The van der Waals surface area contributed by atoms with Gasteiger partial charge in [-0.05, 0) is 55.7 Å². The standard InChI is InChI=1S/C22H33NO4/c1-15(2)12-19(22(24)26-5)23-16(3)13-17-10-11-20(25-4)21(14-17)27-18-8-6-7-9-18/h10-11,14-15,18-19,23H,3,6-9,12-13H2,1-2,4-5H3. The number of allylic oxidation sites excluding steroid dienone is 1. The summed E-state index contributed by atoms with van der Waals surface area (Å²) >= 11 is 0. The average Bonchev–Trinajstić information content (AvgIpc) is 3.13. The minimum atomic E-state index is -0.380. The van der Waals surface area contributed by atoms with E-state index >= 15 is 0 Å². The van der Waals surface area contributed by atoms with Gasteiger partial charge in [0.15, 0.2) is 11.5 Å². The fourth-order valence-electron chi connectivity index (χ4n) is 3.48. The number of nitrogens with one attached hydrogen (secondary N) is 1. The van der Waals surface area contributed by atoms with Crippen molar-refractivity contribution >= 4 is 5.97 Å². The molecule has 1 N–H and O–H groups in total. The molecule has 5 nitrogen and oxygen atoms in total. The third-order valence-corrected chi connectivity index (χ3v) is 4.81. The van der Waals surface area contributed by atoms with Crippen molar-refractivity contribution in [2.24, 2.45) is 5.92 Å². The summed E-state index contributed by atoms with van der Waals surface area (Å²) in [7, 11) is 3.07. The van der Waals surface area contributed by atoms with Crippen molar-refractivity contribution in [3.8, 4) is 11.5 Å². The van der Waals surface area contributed by atoms with Crippen molar-refractivity contribution in [2.45, 2.75) is 64.5 Å². The highest BCUT2D eigenvalue weighted by atomic mass is 16.5. The number of rotatable bonds is 10. The van der Waals surface area contributed by atoms with Crippen molar-refractivity contribution < 1.29 is 19.0 Å². The van der Waals surface area contributed by atoms with Crippen molar-refractivity contribution in [2.75, 3.05) is 14.2 Å². The van der Waals surface area contributed by atoms with Gasteiger partial charge in [0.2, 0.25) is 0 Å². The Morgan fingerprint density at radius 2 is 1.93 bits per heavy atom. The first kappa shape index (κ1) is 21.1. The molecule has 1 aromatic carbocycles. The largest absolute Gasteiger partial charge is 0.493 e. The molecule has 0 aromatic heterocycles. The van der Waals surface area contributed by atoms with Crippen LogP contribution < -0.4 is 14.8 Å². The van der Waals surface area contributed by atoms with Crippen LogP contribution in [-0.4, -0.2) is 32.3 Å². The van der Waals surface area contributed by atoms with Crippen LogP contribution in [0.25, 0.3) is 0 Å². The Bertz CT molecular complexity index is 635. The predicted molar refractivity (Wildman–Crippen MR) is 107 cm³/mol. The molecule has 0 saturated heterocycles. The third kappa shape index (κ3) is 6.49. The van der Waals surface area contributed by atoms with Crippen LogP contribution in [-0.2, 0) is 16.0 Å². The lowest BCUT2D eigenvalue weighted by molar-refractivity contribution is -0.143. The zero-order valence-electron chi connectivity index (χ0n) is 17.0. The van der Waals surface area contributed by atoms with Crippen LogP contribution in [0.4, 0.5) is 0 Å². The van der Waals surface area contributed by atoms with Gasteiger partial charge < -0.3 is 19.5 Å². The van der Waals surface area contributed by atoms with E-state index in [-0.39, 0.29) is 18.1 Å². The van der Waals surface area contributed by atoms with E-state index in [9.17, 15) is 4.79 Å². The third-order valence-electron chi connectivity index (χ3n) is 4.81. The lowest BCUT2D eigenvalue weighted by atomic mass is 10.0. The van der Waals surface area contributed by atoms with Gasteiger partial charge in [-0.25, -0.2) is 4.79 Å². The minimum absolute atomic E-state index is 0.259. The molecular formula is C22H33NO4. The number of esters is 1. The maximum atomic E-state index is 12.0. The molecule has 0 spiro atoms. The molecular weight excluding hydrogens is 342 g/mol. The maximum Gasteiger partial charge on any atom is 0.328 e. The maximum absolute atomic E-state index is 12.0. The van der Waals surface area contributed by atoms with Gasteiger partial charge in [0.05, 0.1) is 20.3 Å². The number of hydrogen-bond acceptors (Lipinski definition) is 5. The first-order chi connectivity index (χ1) is 12.9. The second kappa shape index (κ2) is 10.2. The van der Waals surface area contributed by atoms with Gasteiger partial charge in [-0.2, -0.15) is 0 Å². The van der Waals surface area contributed by atoms with Gasteiger partial charge in [0, 0.05) is 12.1 Å². The van der Waals surface area contributed by atoms with Gasteiger partial charge in [0.1, 0.15) is 6.04 Å². The molecule has 150 valence electrons. The molecule has 0 amide bonds.